The molecule has 2 bridgehead atoms. The van der Waals surface area contributed by atoms with Gasteiger partial charge in [0.1, 0.15) is 5.82 Å². The van der Waals surface area contributed by atoms with Crippen molar-refractivity contribution in [2.75, 3.05) is 26.3 Å². The minimum Gasteiger partial charge on any atom is -0.380 e. The third-order valence-corrected chi connectivity index (χ3v) is 6.20. The van der Waals surface area contributed by atoms with E-state index in [0.29, 0.717) is 31.8 Å². The summed E-state index contributed by atoms with van der Waals surface area (Å²) in [5.74, 6) is -0.0303. The Morgan fingerprint density at radius 3 is 2.81 bits per heavy atom. The summed E-state index contributed by atoms with van der Waals surface area (Å²) < 4.78 is 18.4. The SMILES string of the molecule is CCOCCNC(=O)[C@]1(CC)C[C@@H]2CC[C@H]1N2C/C=C/c1ccc(F)cc1. The highest BCUT2D eigenvalue weighted by molar-refractivity contribution is 5.84. The number of carbonyl (C=O) groups excluding carboxylic acids is 1. The van der Waals surface area contributed by atoms with Gasteiger partial charge < -0.3 is 10.1 Å². The van der Waals surface area contributed by atoms with E-state index in [-0.39, 0.29) is 17.1 Å². The molecule has 1 aromatic rings. The van der Waals surface area contributed by atoms with Crippen LogP contribution in [-0.2, 0) is 9.53 Å². The Bertz CT molecular complexity index is 661. The predicted molar refractivity (Wildman–Crippen MR) is 106 cm³/mol. The van der Waals surface area contributed by atoms with Crippen molar-refractivity contribution in [3.8, 4) is 0 Å². The molecule has 2 aliphatic rings. The van der Waals surface area contributed by atoms with Crippen LogP contribution in [0.3, 0.4) is 0 Å². The van der Waals surface area contributed by atoms with Gasteiger partial charge in [0.05, 0.1) is 12.0 Å². The molecule has 0 radical (unpaired) electrons. The number of nitrogens with one attached hydrogen (secondary N) is 1. The first-order valence-electron chi connectivity index (χ1n) is 10.1. The summed E-state index contributed by atoms with van der Waals surface area (Å²) in [5, 5.41) is 3.10. The van der Waals surface area contributed by atoms with E-state index in [0.717, 1.165) is 31.4 Å². The van der Waals surface area contributed by atoms with E-state index in [1.54, 1.807) is 12.1 Å². The van der Waals surface area contributed by atoms with Crippen LogP contribution in [0.2, 0.25) is 0 Å². The summed E-state index contributed by atoms with van der Waals surface area (Å²) in [6.45, 7) is 6.75. The molecule has 2 saturated heterocycles. The zero-order valence-corrected chi connectivity index (χ0v) is 16.4. The quantitative estimate of drug-likeness (QED) is 0.671. The Labute approximate surface area is 161 Å². The normalized spacial score (nSPS) is 27.5. The van der Waals surface area contributed by atoms with Gasteiger partial charge in [0.15, 0.2) is 0 Å². The van der Waals surface area contributed by atoms with Crippen molar-refractivity contribution in [2.45, 2.75) is 51.6 Å². The van der Waals surface area contributed by atoms with Crippen molar-refractivity contribution < 1.29 is 13.9 Å². The van der Waals surface area contributed by atoms with Gasteiger partial charge in [0, 0.05) is 31.8 Å². The average Bonchev–Trinajstić information content (AvgIpc) is 3.22. The molecule has 1 amide bonds. The minimum atomic E-state index is -0.279. The standard InChI is InChI=1S/C22H31FN2O2/c1-3-22(21(26)24-13-15-27-4-2)16-19-11-12-20(22)25(19)14-5-6-17-7-9-18(23)10-8-17/h5-10,19-20H,3-4,11-16H2,1-2H3,(H,24,26)/b6-5+/t19-,20+,22+/m0/s1. The number of ether oxygens (including phenoxy) is 1. The lowest BCUT2D eigenvalue weighted by Gasteiger charge is -2.35. The van der Waals surface area contributed by atoms with Crippen molar-refractivity contribution in [2.24, 2.45) is 5.41 Å². The summed E-state index contributed by atoms with van der Waals surface area (Å²) in [7, 11) is 0. The van der Waals surface area contributed by atoms with Crippen LogP contribution in [0, 0.1) is 11.2 Å². The molecule has 2 heterocycles. The molecule has 148 valence electrons. The average molecular weight is 374 g/mol. The van der Waals surface area contributed by atoms with Gasteiger partial charge in [-0.2, -0.15) is 0 Å². The maximum atomic E-state index is 13.0. The summed E-state index contributed by atoms with van der Waals surface area (Å²) in [5.41, 5.74) is 0.720. The molecule has 3 atom stereocenters. The molecule has 2 aliphatic heterocycles. The van der Waals surface area contributed by atoms with Crippen molar-refractivity contribution in [1.82, 2.24) is 10.2 Å². The van der Waals surface area contributed by atoms with E-state index in [1.807, 2.05) is 13.0 Å². The summed E-state index contributed by atoms with van der Waals surface area (Å²) in [6.07, 6.45) is 8.24. The van der Waals surface area contributed by atoms with Crippen LogP contribution < -0.4 is 5.32 Å². The summed E-state index contributed by atoms with van der Waals surface area (Å²) in [6, 6.07) is 7.31. The molecule has 0 aromatic heterocycles. The first-order valence-corrected chi connectivity index (χ1v) is 10.1. The number of fused-ring (bicyclic) bond motifs is 2. The molecule has 3 rings (SSSR count). The maximum Gasteiger partial charge on any atom is 0.227 e. The second kappa shape index (κ2) is 8.98. The van der Waals surface area contributed by atoms with Crippen LogP contribution in [0.5, 0.6) is 0 Å². The summed E-state index contributed by atoms with van der Waals surface area (Å²) in [4.78, 5) is 15.5. The zero-order chi connectivity index (χ0) is 19.3. The highest BCUT2D eigenvalue weighted by Gasteiger charge is 2.58. The number of amides is 1. The van der Waals surface area contributed by atoms with Gasteiger partial charge in [-0.3, -0.25) is 9.69 Å². The predicted octanol–water partition coefficient (Wildman–Crippen LogP) is 3.62. The van der Waals surface area contributed by atoms with Crippen LogP contribution in [0.1, 0.15) is 45.1 Å². The van der Waals surface area contributed by atoms with Crippen molar-refractivity contribution in [3.05, 3.63) is 41.7 Å². The summed E-state index contributed by atoms with van der Waals surface area (Å²) >= 11 is 0. The zero-order valence-electron chi connectivity index (χ0n) is 16.4. The van der Waals surface area contributed by atoms with Gasteiger partial charge in [0.2, 0.25) is 5.91 Å². The molecule has 0 unspecified atom stereocenters. The Kier molecular flexibility index (Phi) is 6.66. The Balaban J connectivity index is 1.61. The van der Waals surface area contributed by atoms with Crippen molar-refractivity contribution >= 4 is 12.0 Å². The number of halogens is 1. The lowest BCUT2D eigenvalue weighted by atomic mass is 9.71. The highest BCUT2D eigenvalue weighted by Crippen LogP contribution is 2.51. The van der Waals surface area contributed by atoms with Crippen LogP contribution in [0.15, 0.2) is 30.3 Å². The maximum absolute atomic E-state index is 13.0. The highest BCUT2D eigenvalue weighted by atomic mass is 19.1. The smallest absolute Gasteiger partial charge is 0.227 e. The molecule has 5 heteroatoms. The van der Waals surface area contributed by atoms with Gasteiger partial charge in [-0.05, 0) is 50.3 Å². The van der Waals surface area contributed by atoms with Crippen LogP contribution in [0.4, 0.5) is 4.39 Å². The monoisotopic (exact) mass is 374 g/mol. The van der Waals surface area contributed by atoms with Crippen LogP contribution in [0.25, 0.3) is 6.08 Å². The fraction of sp³-hybridized carbons (Fsp3) is 0.591. The molecule has 2 fully saturated rings. The van der Waals surface area contributed by atoms with E-state index in [1.165, 1.54) is 18.6 Å². The topological polar surface area (TPSA) is 41.6 Å². The van der Waals surface area contributed by atoms with E-state index >= 15 is 0 Å². The number of nitrogens with zero attached hydrogens (tertiary/aromatic N) is 1. The molecule has 4 nitrogen and oxygen atoms in total. The van der Waals surface area contributed by atoms with Crippen LogP contribution >= 0.6 is 0 Å². The second-order valence-corrected chi connectivity index (χ2v) is 7.56. The second-order valence-electron chi connectivity index (χ2n) is 7.56. The Morgan fingerprint density at radius 1 is 1.33 bits per heavy atom. The molecule has 27 heavy (non-hydrogen) atoms. The lowest BCUT2D eigenvalue weighted by molar-refractivity contribution is -0.133. The molecule has 0 spiro atoms. The number of benzene rings is 1. The van der Waals surface area contributed by atoms with E-state index < -0.39 is 0 Å². The molecule has 0 aliphatic carbocycles. The van der Waals surface area contributed by atoms with Gasteiger partial charge in [-0.15, -0.1) is 0 Å². The van der Waals surface area contributed by atoms with Gasteiger partial charge in [0.25, 0.3) is 0 Å². The van der Waals surface area contributed by atoms with Gasteiger partial charge >= 0.3 is 0 Å². The van der Waals surface area contributed by atoms with Crippen molar-refractivity contribution in [3.63, 3.8) is 0 Å². The number of carbonyl (C=O) groups is 1. The minimum absolute atomic E-state index is 0.185. The number of hydrogen-bond donors (Lipinski definition) is 1. The lowest BCUT2D eigenvalue weighted by Crippen LogP contribution is -2.49. The Morgan fingerprint density at radius 2 is 2.11 bits per heavy atom. The van der Waals surface area contributed by atoms with Crippen molar-refractivity contribution in [1.29, 1.82) is 0 Å². The largest absolute Gasteiger partial charge is 0.380 e. The van der Waals surface area contributed by atoms with Gasteiger partial charge in [-0.25, -0.2) is 4.39 Å². The molecular formula is C22H31FN2O2. The number of hydrogen-bond acceptors (Lipinski definition) is 3. The van der Waals surface area contributed by atoms with Gasteiger partial charge in [-0.1, -0.05) is 31.2 Å². The third-order valence-electron chi connectivity index (χ3n) is 6.20. The van der Waals surface area contributed by atoms with E-state index in [9.17, 15) is 9.18 Å². The Hall–Kier alpha value is -1.72. The fourth-order valence-electron chi connectivity index (χ4n) is 4.81. The fourth-order valence-corrected chi connectivity index (χ4v) is 4.81. The molecule has 0 saturated carbocycles. The molecule has 1 aromatic carbocycles. The van der Waals surface area contributed by atoms with E-state index in [2.05, 4.69) is 23.2 Å². The molecular weight excluding hydrogens is 343 g/mol. The molecule has 1 N–H and O–H groups in total. The van der Waals surface area contributed by atoms with Crippen LogP contribution in [-0.4, -0.2) is 49.2 Å². The number of rotatable bonds is 9. The third kappa shape index (κ3) is 4.25. The van der Waals surface area contributed by atoms with E-state index in [4.69, 9.17) is 4.74 Å². The first-order chi connectivity index (χ1) is 13.1. The first kappa shape index (κ1) is 20.0.